The van der Waals surface area contributed by atoms with E-state index >= 15 is 0 Å². The van der Waals surface area contributed by atoms with Gasteiger partial charge in [-0.25, -0.2) is 0 Å². The largest absolute Gasteiger partial charge is 0.277 e. The predicted octanol–water partition coefficient (Wildman–Crippen LogP) is 2.62. The fraction of sp³-hybridized carbons (Fsp3) is 0.111. The molecule has 0 spiro atoms. The summed E-state index contributed by atoms with van der Waals surface area (Å²) in [7, 11) is 1.49. The Kier molecular flexibility index (Phi) is 3.08. The van der Waals surface area contributed by atoms with Gasteiger partial charge < -0.3 is 0 Å². The first-order chi connectivity index (χ1) is 10.1. The van der Waals surface area contributed by atoms with Crippen LogP contribution < -0.4 is 0 Å². The molecule has 0 bridgehead atoms. The molecule has 0 N–H and O–H groups in total. The molecule has 1 aliphatic heterocycles. The summed E-state index contributed by atoms with van der Waals surface area (Å²) in [5.74, 6) is 5.62. The molecule has 1 aliphatic rings. The van der Waals surface area contributed by atoms with E-state index in [9.17, 15) is 9.59 Å². The highest BCUT2D eigenvalue weighted by atomic mass is 16.2. The number of hydrogen-bond acceptors (Lipinski definition) is 2. The molecule has 0 atom stereocenters. The molecule has 3 nitrogen and oxygen atoms in total. The Hall–Kier alpha value is -2.86. The van der Waals surface area contributed by atoms with Crippen LogP contribution in [0.25, 0.3) is 0 Å². The molecule has 0 radical (unpaired) electrons. The molecule has 3 heteroatoms. The number of nitrogens with zero attached hydrogens (tertiary/aromatic N) is 1. The van der Waals surface area contributed by atoms with E-state index in [-0.39, 0.29) is 11.8 Å². The summed E-state index contributed by atoms with van der Waals surface area (Å²) >= 11 is 0. The van der Waals surface area contributed by atoms with Crippen molar-refractivity contribution < 1.29 is 9.59 Å². The second-order valence-electron chi connectivity index (χ2n) is 4.99. The van der Waals surface area contributed by atoms with Gasteiger partial charge in [-0.2, -0.15) is 0 Å². The third-order valence-corrected chi connectivity index (χ3v) is 3.58. The lowest BCUT2D eigenvalue weighted by Gasteiger charge is -2.02. The number of hydrogen-bond donors (Lipinski definition) is 0. The number of fused-ring (bicyclic) bond motifs is 1. The fourth-order valence-electron chi connectivity index (χ4n) is 2.29. The monoisotopic (exact) mass is 275 g/mol. The van der Waals surface area contributed by atoms with Crippen molar-refractivity contribution in [1.29, 1.82) is 0 Å². The molecule has 0 aliphatic carbocycles. The second-order valence-corrected chi connectivity index (χ2v) is 4.99. The molecule has 2 aromatic carbocycles. The lowest BCUT2D eigenvalue weighted by atomic mass is 10.0. The molecule has 0 aromatic heterocycles. The Labute approximate surface area is 123 Å². The molecule has 102 valence electrons. The summed E-state index contributed by atoms with van der Waals surface area (Å²) in [6, 6.07) is 13.0. The lowest BCUT2D eigenvalue weighted by molar-refractivity contribution is 0.0693. The van der Waals surface area contributed by atoms with Gasteiger partial charge in [-0.05, 0) is 36.8 Å². The fourth-order valence-corrected chi connectivity index (χ4v) is 2.29. The number of rotatable bonds is 0. The standard InChI is InChI=1S/C18H13NO2/c1-12-5-3-4-6-14(12)9-7-13-8-10-15-16(11-13)18(21)19(2)17(15)20/h3-6,8,10-11H,1-2H3. The maximum Gasteiger partial charge on any atom is 0.261 e. The smallest absolute Gasteiger partial charge is 0.261 e. The van der Waals surface area contributed by atoms with Crippen LogP contribution in [0.15, 0.2) is 42.5 Å². The highest BCUT2D eigenvalue weighted by Gasteiger charge is 2.32. The van der Waals surface area contributed by atoms with E-state index in [0.29, 0.717) is 11.1 Å². The van der Waals surface area contributed by atoms with Gasteiger partial charge in [0.15, 0.2) is 0 Å². The molecule has 0 saturated carbocycles. The number of carbonyl (C=O) groups is 2. The molecule has 2 amide bonds. The average molecular weight is 275 g/mol. The first-order valence-corrected chi connectivity index (χ1v) is 6.62. The van der Waals surface area contributed by atoms with Gasteiger partial charge >= 0.3 is 0 Å². The van der Waals surface area contributed by atoms with E-state index < -0.39 is 0 Å². The molecule has 3 rings (SSSR count). The number of aryl methyl sites for hydroxylation is 1. The zero-order valence-corrected chi connectivity index (χ0v) is 11.8. The van der Waals surface area contributed by atoms with Crippen molar-refractivity contribution in [2.75, 3.05) is 7.05 Å². The maximum absolute atomic E-state index is 11.9. The summed E-state index contributed by atoms with van der Waals surface area (Å²) < 4.78 is 0. The number of imide groups is 1. The van der Waals surface area contributed by atoms with Gasteiger partial charge in [-0.3, -0.25) is 14.5 Å². The summed E-state index contributed by atoms with van der Waals surface area (Å²) in [5, 5.41) is 0. The van der Waals surface area contributed by atoms with Crippen LogP contribution in [0.4, 0.5) is 0 Å². The van der Waals surface area contributed by atoms with Gasteiger partial charge in [-0.1, -0.05) is 30.0 Å². The molecule has 0 saturated heterocycles. The number of benzene rings is 2. The number of carbonyl (C=O) groups excluding carboxylic acids is 2. The van der Waals surface area contributed by atoms with Crippen molar-refractivity contribution in [1.82, 2.24) is 4.90 Å². The summed E-state index contributed by atoms with van der Waals surface area (Å²) in [6.45, 7) is 2.00. The van der Waals surface area contributed by atoms with Crippen LogP contribution >= 0.6 is 0 Å². The summed E-state index contributed by atoms with van der Waals surface area (Å²) in [6.07, 6.45) is 0. The van der Waals surface area contributed by atoms with Crippen LogP contribution in [0.3, 0.4) is 0 Å². The molecular weight excluding hydrogens is 262 g/mol. The van der Waals surface area contributed by atoms with Crippen molar-refractivity contribution >= 4 is 11.8 Å². The highest BCUT2D eigenvalue weighted by Crippen LogP contribution is 2.22. The van der Waals surface area contributed by atoms with Crippen LogP contribution in [0.5, 0.6) is 0 Å². The maximum atomic E-state index is 11.9. The van der Waals surface area contributed by atoms with Crippen molar-refractivity contribution in [2.24, 2.45) is 0 Å². The molecule has 1 heterocycles. The van der Waals surface area contributed by atoms with Crippen LogP contribution in [0.2, 0.25) is 0 Å². The minimum atomic E-state index is -0.269. The van der Waals surface area contributed by atoms with E-state index in [1.54, 1.807) is 18.2 Å². The van der Waals surface area contributed by atoms with Gasteiger partial charge in [0.1, 0.15) is 0 Å². The van der Waals surface area contributed by atoms with E-state index in [2.05, 4.69) is 11.8 Å². The third kappa shape index (κ3) is 2.21. The van der Waals surface area contributed by atoms with Crippen LogP contribution in [-0.4, -0.2) is 23.8 Å². The molecular formula is C18H13NO2. The van der Waals surface area contributed by atoms with Gasteiger partial charge in [-0.15, -0.1) is 0 Å². The lowest BCUT2D eigenvalue weighted by Crippen LogP contribution is -2.24. The Morgan fingerprint density at radius 3 is 2.38 bits per heavy atom. The van der Waals surface area contributed by atoms with E-state index in [1.165, 1.54) is 7.05 Å². The van der Waals surface area contributed by atoms with E-state index in [0.717, 1.165) is 21.6 Å². The average Bonchev–Trinajstić information content (AvgIpc) is 2.71. The van der Waals surface area contributed by atoms with Gasteiger partial charge in [0.25, 0.3) is 11.8 Å². The van der Waals surface area contributed by atoms with Gasteiger partial charge in [0, 0.05) is 18.2 Å². The zero-order chi connectivity index (χ0) is 15.0. The number of amides is 2. The molecule has 21 heavy (non-hydrogen) atoms. The minimum absolute atomic E-state index is 0.256. The highest BCUT2D eigenvalue weighted by molar-refractivity contribution is 6.21. The zero-order valence-electron chi connectivity index (χ0n) is 11.8. The second kappa shape index (κ2) is 4.92. The van der Waals surface area contributed by atoms with Crippen LogP contribution in [0, 0.1) is 18.8 Å². The van der Waals surface area contributed by atoms with Gasteiger partial charge in [0.05, 0.1) is 11.1 Å². The quantitative estimate of drug-likeness (QED) is 0.547. The Morgan fingerprint density at radius 1 is 0.905 bits per heavy atom. The van der Waals surface area contributed by atoms with Crippen molar-refractivity contribution in [3.05, 3.63) is 70.3 Å². The summed E-state index contributed by atoms with van der Waals surface area (Å²) in [5.41, 5.74) is 3.67. The summed E-state index contributed by atoms with van der Waals surface area (Å²) in [4.78, 5) is 24.9. The molecule has 0 fully saturated rings. The first kappa shape index (κ1) is 13.1. The minimum Gasteiger partial charge on any atom is -0.277 e. The van der Waals surface area contributed by atoms with Crippen LogP contribution in [-0.2, 0) is 0 Å². The topological polar surface area (TPSA) is 37.4 Å². The third-order valence-electron chi connectivity index (χ3n) is 3.58. The SMILES string of the molecule is Cc1ccccc1C#Cc1ccc2c(c1)C(=O)N(C)C2=O. The Balaban J connectivity index is 1.99. The van der Waals surface area contributed by atoms with Crippen LogP contribution in [0.1, 0.15) is 37.4 Å². The predicted molar refractivity (Wildman–Crippen MR) is 80.0 cm³/mol. The molecule has 0 unspecified atom stereocenters. The van der Waals surface area contributed by atoms with Crippen molar-refractivity contribution in [2.45, 2.75) is 6.92 Å². The van der Waals surface area contributed by atoms with E-state index in [4.69, 9.17) is 0 Å². The first-order valence-electron chi connectivity index (χ1n) is 6.62. The Bertz CT molecular complexity index is 825. The Morgan fingerprint density at radius 2 is 1.62 bits per heavy atom. The molecule has 2 aromatic rings. The van der Waals surface area contributed by atoms with Crippen molar-refractivity contribution in [3.63, 3.8) is 0 Å². The van der Waals surface area contributed by atoms with Gasteiger partial charge in [0.2, 0.25) is 0 Å². The van der Waals surface area contributed by atoms with E-state index in [1.807, 2.05) is 31.2 Å². The van der Waals surface area contributed by atoms with Crippen molar-refractivity contribution in [3.8, 4) is 11.8 Å². The normalized spacial score (nSPS) is 13.0.